The van der Waals surface area contributed by atoms with E-state index in [1.54, 1.807) is 12.3 Å². The summed E-state index contributed by atoms with van der Waals surface area (Å²) < 4.78 is 12.5. The Bertz CT molecular complexity index is 1640. The van der Waals surface area contributed by atoms with Crippen molar-refractivity contribution in [3.63, 3.8) is 0 Å². The van der Waals surface area contributed by atoms with E-state index in [0.717, 1.165) is 28.3 Å². The minimum atomic E-state index is -0.443. The number of nitro benzene ring substituents is 1. The van der Waals surface area contributed by atoms with Gasteiger partial charge in [0.2, 0.25) is 5.91 Å². The van der Waals surface area contributed by atoms with Gasteiger partial charge >= 0.3 is 0 Å². The van der Waals surface area contributed by atoms with Crippen LogP contribution >= 0.6 is 12.2 Å². The van der Waals surface area contributed by atoms with Crippen LogP contribution in [0, 0.1) is 24.0 Å². The number of rotatable bonds is 9. The Kier molecular flexibility index (Phi) is 8.18. The number of anilines is 2. The molecule has 0 spiro atoms. The zero-order valence-corrected chi connectivity index (χ0v) is 24.3. The molecule has 2 aromatic carbocycles. The Balaban J connectivity index is 1.60. The molecule has 1 amide bonds. The molecule has 3 heterocycles. The van der Waals surface area contributed by atoms with Gasteiger partial charge < -0.3 is 29.6 Å². The maximum absolute atomic E-state index is 12.0. The number of aryl methyl sites for hydroxylation is 1. The van der Waals surface area contributed by atoms with Crippen molar-refractivity contribution < 1.29 is 19.2 Å². The highest BCUT2D eigenvalue weighted by Crippen LogP contribution is 2.44. The number of nitrogens with zero attached hydrogens (tertiary/aromatic N) is 4. The van der Waals surface area contributed by atoms with Gasteiger partial charge in [0.25, 0.3) is 5.69 Å². The topological polar surface area (TPSA) is 124 Å². The van der Waals surface area contributed by atoms with Gasteiger partial charge in [0.15, 0.2) is 5.11 Å². The number of pyridine rings is 1. The van der Waals surface area contributed by atoms with Crippen LogP contribution in [0.5, 0.6) is 5.75 Å². The Morgan fingerprint density at radius 3 is 2.52 bits per heavy atom. The van der Waals surface area contributed by atoms with Crippen molar-refractivity contribution in [2.24, 2.45) is 0 Å². The molecular weight excluding hydrogens is 556 g/mol. The standard InChI is InChI=1S/C30H30N6O5S/c1-18-15-23(19(2)34(18)25-13-12-22(36(38)39)16-26(25)41-4)29-28(24-7-5-6-14-31-24)33-30(42)35(29)21-10-8-20(9-11-21)32-27(37)17-40-3/h5-16,28-29H,17H2,1-4H3,(H,32,37)(H,33,42)/t28-,29-/m0/s1. The van der Waals surface area contributed by atoms with E-state index >= 15 is 0 Å². The molecule has 42 heavy (non-hydrogen) atoms. The van der Waals surface area contributed by atoms with Gasteiger partial charge in [-0.2, -0.15) is 0 Å². The highest BCUT2D eigenvalue weighted by Gasteiger charge is 2.42. The fourth-order valence-electron chi connectivity index (χ4n) is 5.40. The first-order valence-electron chi connectivity index (χ1n) is 13.1. The van der Waals surface area contributed by atoms with Crippen LogP contribution in [0.3, 0.4) is 0 Å². The van der Waals surface area contributed by atoms with Crippen molar-refractivity contribution in [2.75, 3.05) is 31.0 Å². The number of benzene rings is 2. The lowest BCUT2D eigenvalue weighted by atomic mass is 9.96. The van der Waals surface area contributed by atoms with E-state index < -0.39 is 4.92 Å². The molecule has 0 unspecified atom stereocenters. The molecule has 1 fully saturated rings. The SMILES string of the molecule is COCC(=O)Nc1ccc(N2C(=S)N[C@@H](c3ccccn3)[C@@H]2c2cc(C)n(-c3ccc([N+](=O)[O-])cc3OC)c2C)cc1. The minimum absolute atomic E-state index is 0.0368. The van der Waals surface area contributed by atoms with Gasteiger partial charge in [-0.05, 0) is 80.2 Å². The number of carbonyl (C=O) groups is 1. The highest BCUT2D eigenvalue weighted by atomic mass is 32.1. The number of carbonyl (C=O) groups excluding carboxylic acids is 1. The van der Waals surface area contributed by atoms with E-state index in [1.165, 1.54) is 26.4 Å². The van der Waals surface area contributed by atoms with Crippen LogP contribution in [0.2, 0.25) is 0 Å². The molecule has 2 atom stereocenters. The van der Waals surface area contributed by atoms with Gasteiger partial charge in [0.1, 0.15) is 12.4 Å². The molecular formula is C30H30N6O5S. The quantitative estimate of drug-likeness (QED) is 0.155. The predicted octanol–water partition coefficient (Wildman–Crippen LogP) is 5.17. The van der Waals surface area contributed by atoms with Gasteiger partial charge in [-0.15, -0.1) is 0 Å². The van der Waals surface area contributed by atoms with Crippen molar-refractivity contribution >= 4 is 40.3 Å². The van der Waals surface area contributed by atoms with Crippen LogP contribution in [0.4, 0.5) is 17.1 Å². The molecule has 2 N–H and O–H groups in total. The summed E-state index contributed by atoms with van der Waals surface area (Å²) in [5.74, 6) is 0.146. The van der Waals surface area contributed by atoms with Gasteiger partial charge in [-0.3, -0.25) is 19.9 Å². The van der Waals surface area contributed by atoms with E-state index in [9.17, 15) is 14.9 Å². The number of thiocarbonyl (C=S) groups is 1. The molecule has 2 aromatic heterocycles. The Labute approximate surface area is 248 Å². The first-order chi connectivity index (χ1) is 20.2. The fourth-order valence-corrected chi connectivity index (χ4v) is 5.75. The average molecular weight is 587 g/mol. The number of non-ortho nitro benzene ring substituents is 1. The Hall–Kier alpha value is -4.81. The number of aromatic nitrogens is 2. The largest absolute Gasteiger partial charge is 0.494 e. The number of hydrogen-bond donors (Lipinski definition) is 2. The van der Waals surface area contributed by atoms with Crippen molar-refractivity contribution in [2.45, 2.75) is 25.9 Å². The van der Waals surface area contributed by atoms with Gasteiger partial charge in [0, 0.05) is 42.1 Å². The lowest BCUT2D eigenvalue weighted by Crippen LogP contribution is -2.29. The second-order valence-corrected chi connectivity index (χ2v) is 10.2. The Morgan fingerprint density at radius 2 is 1.88 bits per heavy atom. The van der Waals surface area contributed by atoms with E-state index in [-0.39, 0.29) is 30.3 Å². The predicted molar refractivity (Wildman–Crippen MR) is 163 cm³/mol. The zero-order chi connectivity index (χ0) is 30.0. The third-order valence-corrected chi connectivity index (χ3v) is 7.52. The summed E-state index contributed by atoms with van der Waals surface area (Å²) >= 11 is 5.88. The summed E-state index contributed by atoms with van der Waals surface area (Å²) in [6, 6.07) is 19.4. The number of nitro groups is 1. The van der Waals surface area contributed by atoms with Crippen molar-refractivity contribution in [1.82, 2.24) is 14.9 Å². The smallest absolute Gasteiger partial charge is 0.273 e. The lowest BCUT2D eigenvalue weighted by molar-refractivity contribution is -0.384. The number of hydrogen-bond acceptors (Lipinski definition) is 7. The number of nitrogens with one attached hydrogen (secondary N) is 2. The van der Waals surface area contributed by atoms with E-state index in [4.69, 9.17) is 21.7 Å². The number of ether oxygens (including phenoxy) is 2. The summed E-state index contributed by atoms with van der Waals surface area (Å²) in [6.07, 6.45) is 1.75. The van der Waals surface area contributed by atoms with E-state index in [1.807, 2.05) is 60.9 Å². The fraction of sp³-hybridized carbons (Fsp3) is 0.233. The van der Waals surface area contributed by atoms with Crippen LogP contribution in [0.25, 0.3) is 5.69 Å². The maximum atomic E-state index is 12.0. The molecule has 0 aliphatic carbocycles. The average Bonchev–Trinajstić information content (AvgIpc) is 3.48. The molecule has 1 aliphatic rings. The number of methoxy groups -OCH3 is 2. The highest BCUT2D eigenvalue weighted by molar-refractivity contribution is 7.80. The first kappa shape index (κ1) is 28.7. The van der Waals surface area contributed by atoms with Crippen molar-refractivity contribution in [3.8, 4) is 11.4 Å². The van der Waals surface area contributed by atoms with Gasteiger partial charge in [0.05, 0.1) is 41.6 Å². The van der Waals surface area contributed by atoms with E-state index in [2.05, 4.69) is 26.6 Å². The molecule has 1 saturated heterocycles. The maximum Gasteiger partial charge on any atom is 0.273 e. The van der Waals surface area contributed by atoms with Gasteiger partial charge in [-0.1, -0.05) is 6.07 Å². The Morgan fingerprint density at radius 1 is 1.12 bits per heavy atom. The molecule has 12 heteroatoms. The normalized spacial score (nSPS) is 16.3. The third kappa shape index (κ3) is 5.41. The molecule has 216 valence electrons. The summed E-state index contributed by atoms with van der Waals surface area (Å²) in [5.41, 5.74) is 5.77. The van der Waals surface area contributed by atoms with Crippen molar-refractivity contribution in [1.29, 1.82) is 0 Å². The van der Waals surface area contributed by atoms with Gasteiger partial charge in [-0.25, -0.2) is 0 Å². The summed E-state index contributed by atoms with van der Waals surface area (Å²) in [6.45, 7) is 3.95. The van der Waals surface area contributed by atoms with Crippen LogP contribution in [0.1, 0.15) is 34.7 Å². The van der Waals surface area contributed by atoms with Crippen LogP contribution < -0.4 is 20.3 Å². The van der Waals surface area contributed by atoms with Crippen LogP contribution in [-0.2, 0) is 9.53 Å². The monoisotopic (exact) mass is 586 g/mol. The molecule has 11 nitrogen and oxygen atoms in total. The molecule has 5 rings (SSSR count). The summed E-state index contributed by atoms with van der Waals surface area (Å²) in [4.78, 5) is 29.6. The third-order valence-electron chi connectivity index (χ3n) is 7.21. The molecule has 4 aromatic rings. The molecule has 1 aliphatic heterocycles. The lowest BCUT2D eigenvalue weighted by Gasteiger charge is -2.28. The van der Waals surface area contributed by atoms with Crippen molar-refractivity contribution in [3.05, 3.63) is 106 Å². The number of amides is 1. The molecule has 0 radical (unpaired) electrons. The summed E-state index contributed by atoms with van der Waals surface area (Å²) in [5, 5.41) is 18.2. The summed E-state index contributed by atoms with van der Waals surface area (Å²) in [7, 11) is 2.97. The minimum Gasteiger partial charge on any atom is -0.494 e. The van der Waals surface area contributed by atoms with Crippen LogP contribution in [-0.4, -0.2) is 46.3 Å². The first-order valence-corrected chi connectivity index (χ1v) is 13.6. The second-order valence-electron chi connectivity index (χ2n) is 9.80. The molecule has 0 bridgehead atoms. The second kappa shape index (κ2) is 12.0. The zero-order valence-electron chi connectivity index (χ0n) is 23.5. The van der Waals surface area contributed by atoms with E-state index in [0.29, 0.717) is 22.2 Å². The van der Waals surface area contributed by atoms with Crippen LogP contribution in [0.15, 0.2) is 72.9 Å². The molecule has 0 saturated carbocycles.